The first-order chi connectivity index (χ1) is 10.8. The van der Waals surface area contributed by atoms with Gasteiger partial charge in [-0.05, 0) is 55.6 Å². The van der Waals surface area contributed by atoms with Gasteiger partial charge >= 0.3 is 0 Å². The van der Waals surface area contributed by atoms with Crippen LogP contribution in [0.25, 0.3) is 11.0 Å². The average molecular weight is 298 g/mol. The molecule has 4 heteroatoms. The highest BCUT2D eigenvalue weighted by Gasteiger charge is 2.38. The van der Waals surface area contributed by atoms with Crippen LogP contribution in [0, 0.1) is 17.8 Å². The Morgan fingerprint density at radius 2 is 2.18 bits per heavy atom. The zero-order chi connectivity index (χ0) is 14.9. The molecule has 1 aromatic carbocycles. The largest absolute Gasteiger partial charge is 0.356 e. The van der Waals surface area contributed by atoms with E-state index >= 15 is 0 Å². The van der Waals surface area contributed by atoms with Gasteiger partial charge in [-0.3, -0.25) is 4.79 Å². The van der Waals surface area contributed by atoms with Gasteiger partial charge in [0.15, 0.2) is 5.58 Å². The number of fused-ring (bicyclic) bond motifs is 3. The Bertz CT molecular complexity index is 679. The molecule has 3 atom stereocenters. The molecule has 1 heterocycles. The number of hydrogen-bond acceptors (Lipinski definition) is 3. The first-order valence-corrected chi connectivity index (χ1v) is 8.39. The average Bonchev–Trinajstić information content (AvgIpc) is 3.23. The third kappa shape index (κ3) is 2.62. The number of nitrogens with one attached hydrogen (secondary N) is 1. The highest BCUT2D eigenvalue weighted by Crippen LogP contribution is 2.49. The summed E-state index contributed by atoms with van der Waals surface area (Å²) >= 11 is 0. The Balaban J connectivity index is 1.28. The number of benzene rings is 1. The van der Waals surface area contributed by atoms with E-state index in [-0.39, 0.29) is 5.91 Å². The molecule has 2 saturated carbocycles. The number of rotatable bonds is 5. The van der Waals surface area contributed by atoms with Crippen LogP contribution in [0.2, 0.25) is 0 Å². The van der Waals surface area contributed by atoms with Crippen molar-refractivity contribution >= 4 is 16.9 Å². The number of hydrogen-bond donors (Lipinski definition) is 1. The molecule has 1 amide bonds. The van der Waals surface area contributed by atoms with E-state index in [1.54, 1.807) is 0 Å². The maximum Gasteiger partial charge on any atom is 0.226 e. The molecule has 2 fully saturated rings. The van der Waals surface area contributed by atoms with Gasteiger partial charge in [0.2, 0.25) is 5.91 Å². The fourth-order valence-electron chi connectivity index (χ4n) is 4.41. The van der Waals surface area contributed by atoms with Crippen LogP contribution >= 0.6 is 0 Å². The van der Waals surface area contributed by atoms with Crippen molar-refractivity contribution in [2.75, 3.05) is 6.54 Å². The second kappa shape index (κ2) is 5.75. The summed E-state index contributed by atoms with van der Waals surface area (Å²) in [5.41, 5.74) is 1.47. The Morgan fingerprint density at radius 1 is 1.27 bits per heavy atom. The zero-order valence-corrected chi connectivity index (χ0v) is 12.8. The van der Waals surface area contributed by atoms with E-state index in [0.717, 1.165) is 47.4 Å². The second-order valence-electron chi connectivity index (χ2n) is 6.88. The molecule has 4 rings (SSSR count). The van der Waals surface area contributed by atoms with E-state index in [1.165, 1.54) is 25.7 Å². The van der Waals surface area contributed by atoms with Crippen molar-refractivity contribution in [3.05, 3.63) is 30.0 Å². The fraction of sp³-hybridized carbons (Fsp3) is 0.556. The molecule has 0 unspecified atom stereocenters. The fourth-order valence-corrected chi connectivity index (χ4v) is 4.41. The standard InChI is InChI=1S/C18H22N2O2/c21-18(11-16-15-3-1-2-4-17(15)22-20-16)19-8-7-14-10-12-5-6-13(14)9-12/h1-4,12-14H,5-11H2,(H,19,21)/t12-,13-,14-/m0/s1. The van der Waals surface area contributed by atoms with Gasteiger partial charge < -0.3 is 9.84 Å². The third-order valence-electron chi connectivity index (χ3n) is 5.50. The van der Waals surface area contributed by atoms with Gasteiger partial charge in [-0.15, -0.1) is 0 Å². The van der Waals surface area contributed by atoms with Crippen LogP contribution in [-0.2, 0) is 11.2 Å². The first-order valence-electron chi connectivity index (χ1n) is 8.39. The van der Waals surface area contributed by atoms with Gasteiger partial charge in [0.25, 0.3) is 0 Å². The second-order valence-corrected chi connectivity index (χ2v) is 6.88. The summed E-state index contributed by atoms with van der Waals surface area (Å²) in [4.78, 5) is 12.1. The molecular formula is C18H22N2O2. The predicted molar refractivity (Wildman–Crippen MR) is 84.3 cm³/mol. The smallest absolute Gasteiger partial charge is 0.226 e. The normalized spacial score (nSPS) is 26.6. The Labute approximate surface area is 130 Å². The van der Waals surface area contributed by atoms with E-state index in [0.29, 0.717) is 6.42 Å². The van der Waals surface area contributed by atoms with Gasteiger partial charge in [-0.1, -0.05) is 23.7 Å². The van der Waals surface area contributed by atoms with Crippen LogP contribution in [-0.4, -0.2) is 17.6 Å². The van der Waals surface area contributed by atoms with Gasteiger partial charge in [-0.2, -0.15) is 0 Å². The minimum atomic E-state index is 0.0437. The number of carbonyl (C=O) groups excluding carboxylic acids is 1. The van der Waals surface area contributed by atoms with Crippen molar-refractivity contribution in [1.29, 1.82) is 0 Å². The summed E-state index contributed by atoms with van der Waals surface area (Å²) in [7, 11) is 0. The molecule has 1 N–H and O–H groups in total. The van der Waals surface area contributed by atoms with E-state index in [2.05, 4.69) is 10.5 Å². The molecule has 2 bridgehead atoms. The van der Waals surface area contributed by atoms with E-state index in [1.807, 2.05) is 24.3 Å². The summed E-state index contributed by atoms with van der Waals surface area (Å²) in [6, 6.07) is 7.67. The number of carbonyl (C=O) groups is 1. The lowest BCUT2D eigenvalue weighted by atomic mass is 9.86. The van der Waals surface area contributed by atoms with Crippen molar-refractivity contribution < 1.29 is 9.32 Å². The van der Waals surface area contributed by atoms with Gasteiger partial charge in [0.05, 0.1) is 6.42 Å². The van der Waals surface area contributed by atoms with Crippen LogP contribution in [0.3, 0.4) is 0 Å². The van der Waals surface area contributed by atoms with E-state index < -0.39 is 0 Å². The summed E-state index contributed by atoms with van der Waals surface area (Å²) in [5.74, 6) is 2.79. The van der Waals surface area contributed by atoms with Crippen LogP contribution in [0.1, 0.15) is 37.8 Å². The van der Waals surface area contributed by atoms with Crippen molar-refractivity contribution in [3.8, 4) is 0 Å². The minimum Gasteiger partial charge on any atom is -0.356 e. The Hall–Kier alpha value is -1.84. The van der Waals surface area contributed by atoms with Crippen molar-refractivity contribution in [2.24, 2.45) is 17.8 Å². The summed E-state index contributed by atoms with van der Waals surface area (Å²) in [6.07, 6.45) is 7.10. The molecule has 2 aliphatic rings. The highest BCUT2D eigenvalue weighted by molar-refractivity contribution is 5.86. The van der Waals surface area contributed by atoms with Crippen molar-refractivity contribution in [2.45, 2.75) is 38.5 Å². The summed E-state index contributed by atoms with van der Waals surface area (Å²) in [5, 5.41) is 8.00. The number of nitrogens with zero attached hydrogens (tertiary/aromatic N) is 1. The van der Waals surface area contributed by atoms with E-state index in [4.69, 9.17) is 4.52 Å². The first kappa shape index (κ1) is 13.8. The molecule has 0 aliphatic heterocycles. The topological polar surface area (TPSA) is 55.1 Å². The van der Waals surface area contributed by atoms with Crippen LogP contribution in [0.15, 0.2) is 28.8 Å². The zero-order valence-electron chi connectivity index (χ0n) is 12.8. The Morgan fingerprint density at radius 3 is 3.00 bits per heavy atom. The number of para-hydroxylation sites is 1. The van der Waals surface area contributed by atoms with Gasteiger partial charge in [0.1, 0.15) is 5.69 Å². The molecule has 2 aromatic rings. The monoisotopic (exact) mass is 298 g/mol. The highest BCUT2D eigenvalue weighted by atomic mass is 16.5. The number of amides is 1. The van der Waals surface area contributed by atoms with Gasteiger partial charge in [-0.25, -0.2) is 0 Å². The SMILES string of the molecule is O=C(Cc1noc2ccccc12)NCC[C@H]1C[C@H]2CC[C@H]1C2. The van der Waals surface area contributed by atoms with Crippen molar-refractivity contribution in [3.63, 3.8) is 0 Å². The molecule has 0 radical (unpaired) electrons. The molecule has 1 aromatic heterocycles. The molecular weight excluding hydrogens is 276 g/mol. The lowest BCUT2D eigenvalue weighted by molar-refractivity contribution is -0.120. The minimum absolute atomic E-state index is 0.0437. The molecule has 116 valence electrons. The van der Waals surface area contributed by atoms with Gasteiger partial charge in [0, 0.05) is 11.9 Å². The van der Waals surface area contributed by atoms with E-state index in [9.17, 15) is 4.79 Å². The summed E-state index contributed by atoms with van der Waals surface area (Å²) in [6.45, 7) is 0.794. The lowest BCUT2D eigenvalue weighted by Gasteiger charge is -2.21. The Kier molecular flexibility index (Phi) is 3.60. The maximum absolute atomic E-state index is 12.1. The predicted octanol–water partition coefficient (Wildman–Crippen LogP) is 3.31. The molecule has 2 aliphatic carbocycles. The van der Waals surface area contributed by atoms with Crippen LogP contribution in [0.4, 0.5) is 0 Å². The molecule has 22 heavy (non-hydrogen) atoms. The lowest BCUT2D eigenvalue weighted by Crippen LogP contribution is -2.28. The molecule has 4 nitrogen and oxygen atoms in total. The van der Waals surface area contributed by atoms with Crippen LogP contribution < -0.4 is 5.32 Å². The van der Waals surface area contributed by atoms with Crippen LogP contribution in [0.5, 0.6) is 0 Å². The third-order valence-corrected chi connectivity index (χ3v) is 5.50. The molecule has 0 spiro atoms. The van der Waals surface area contributed by atoms with Crippen molar-refractivity contribution in [1.82, 2.24) is 10.5 Å². The summed E-state index contributed by atoms with van der Waals surface area (Å²) < 4.78 is 5.24. The quantitative estimate of drug-likeness (QED) is 0.921. The molecule has 0 saturated heterocycles. The number of aromatic nitrogens is 1. The maximum atomic E-state index is 12.1.